The van der Waals surface area contributed by atoms with Crippen molar-refractivity contribution in [1.29, 1.82) is 0 Å². The van der Waals surface area contributed by atoms with Gasteiger partial charge in [-0.25, -0.2) is 0 Å². The van der Waals surface area contributed by atoms with E-state index in [4.69, 9.17) is 16.3 Å². The first-order valence-corrected chi connectivity index (χ1v) is 6.26. The highest BCUT2D eigenvalue weighted by molar-refractivity contribution is 6.30. The lowest BCUT2D eigenvalue weighted by Gasteiger charge is -2.21. The van der Waals surface area contributed by atoms with Gasteiger partial charge in [-0.15, -0.1) is 0 Å². The van der Waals surface area contributed by atoms with Crippen LogP contribution in [0.2, 0.25) is 5.02 Å². The Balaban J connectivity index is 2.44. The molecule has 0 fully saturated rings. The molecule has 0 saturated heterocycles. The first-order valence-electron chi connectivity index (χ1n) is 5.88. The molecule has 20 heavy (non-hydrogen) atoms. The molecule has 0 aromatic heterocycles. The van der Waals surface area contributed by atoms with Crippen LogP contribution in [-0.2, 0) is 0 Å². The molecule has 0 aliphatic heterocycles. The lowest BCUT2D eigenvalue weighted by atomic mass is 9.91. The van der Waals surface area contributed by atoms with Crippen molar-refractivity contribution >= 4 is 11.6 Å². The van der Waals surface area contributed by atoms with E-state index in [2.05, 4.69) is 0 Å². The highest BCUT2D eigenvalue weighted by Crippen LogP contribution is 2.40. The van der Waals surface area contributed by atoms with Gasteiger partial charge in [-0.3, -0.25) is 0 Å². The summed E-state index contributed by atoms with van der Waals surface area (Å²) in [6, 6.07) is 11.6. The van der Waals surface area contributed by atoms with Gasteiger partial charge in [0.15, 0.2) is 0 Å². The van der Waals surface area contributed by atoms with E-state index in [9.17, 15) is 13.2 Å². The first kappa shape index (κ1) is 14.7. The summed E-state index contributed by atoms with van der Waals surface area (Å²) in [5.74, 6) is -1.16. The van der Waals surface area contributed by atoms with Gasteiger partial charge in [-0.05, 0) is 35.4 Å². The number of ether oxygens (including phenoxy) is 1. The summed E-state index contributed by atoms with van der Waals surface area (Å²) >= 11 is 5.72. The molecule has 0 saturated carbocycles. The fourth-order valence-electron chi connectivity index (χ4n) is 2.02. The SMILES string of the molecule is COc1ccc(C(c2ccc(Cl)cc2)C(F)(F)F)cc1. The van der Waals surface area contributed by atoms with E-state index in [1.807, 2.05) is 0 Å². The molecule has 0 heterocycles. The molecule has 0 aliphatic rings. The summed E-state index contributed by atoms with van der Waals surface area (Å²) in [6.07, 6.45) is -4.37. The molecule has 0 aliphatic carbocycles. The van der Waals surface area contributed by atoms with Gasteiger partial charge in [0.05, 0.1) is 7.11 Å². The molecule has 0 bridgehead atoms. The average Bonchev–Trinajstić information content (AvgIpc) is 2.41. The molecular formula is C15H12ClF3O. The third-order valence-corrected chi connectivity index (χ3v) is 3.23. The Labute approximate surface area is 119 Å². The summed E-state index contributed by atoms with van der Waals surface area (Å²) in [5.41, 5.74) is 0.327. The zero-order chi connectivity index (χ0) is 14.8. The van der Waals surface area contributed by atoms with Crippen LogP contribution in [0, 0.1) is 0 Å². The van der Waals surface area contributed by atoms with Crippen LogP contribution in [0.3, 0.4) is 0 Å². The topological polar surface area (TPSA) is 9.23 Å². The van der Waals surface area contributed by atoms with Gasteiger partial charge in [0.25, 0.3) is 0 Å². The van der Waals surface area contributed by atoms with Gasteiger partial charge in [-0.2, -0.15) is 13.2 Å². The second kappa shape index (κ2) is 5.75. The van der Waals surface area contributed by atoms with Crippen molar-refractivity contribution in [2.75, 3.05) is 7.11 Å². The van der Waals surface area contributed by atoms with Crippen molar-refractivity contribution < 1.29 is 17.9 Å². The maximum Gasteiger partial charge on any atom is 0.399 e. The Morgan fingerprint density at radius 3 is 1.75 bits per heavy atom. The Kier molecular flexibility index (Phi) is 4.23. The van der Waals surface area contributed by atoms with E-state index in [1.54, 1.807) is 0 Å². The van der Waals surface area contributed by atoms with Gasteiger partial charge in [-0.1, -0.05) is 35.9 Å². The zero-order valence-electron chi connectivity index (χ0n) is 10.6. The van der Waals surface area contributed by atoms with Gasteiger partial charge in [0.1, 0.15) is 11.7 Å². The summed E-state index contributed by atoms with van der Waals surface area (Å²) in [6.45, 7) is 0. The van der Waals surface area contributed by atoms with Gasteiger partial charge in [0, 0.05) is 5.02 Å². The molecule has 1 nitrogen and oxygen atoms in total. The van der Waals surface area contributed by atoms with Crippen LogP contribution >= 0.6 is 11.6 Å². The lowest BCUT2D eigenvalue weighted by Crippen LogP contribution is -2.21. The summed E-state index contributed by atoms with van der Waals surface area (Å²) < 4.78 is 44.9. The van der Waals surface area contributed by atoms with Crippen molar-refractivity contribution in [2.45, 2.75) is 12.1 Å². The van der Waals surface area contributed by atoms with Crippen LogP contribution in [0.1, 0.15) is 17.0 Å². The van der Waals surface area contributed by atoms with Crippen LogP contribution in [0.25, 0.3) is 0 Å². The van der Waals surface area contributed by atoms with E-state index in [-0.39, 0.29) is 11.1 Å². The molecule has 1 atom stereocenters. The van der Waals surface area contributed by atoms with Crippen molar-refractivity contribution in [3.8, 4) is 5.75 Å². The van der Waals surface area contributed by atoms with Crippen LogP contribution < -0.4 is 4.74 Å². The van der Waals surface area contributed by atoms with E-state index in [1.165, 1.54) is 55.6 Å². The van der Waals surface area contributed by atoms with Crippen molar-refractivity contribution in [2.24, 2.45) is 0 Å². The van der Waals surface area contributed by atoms with Gasteiger partial charge in [0.2, 0.25) is 0 Å². The second-order valence-corrected chi connectivity index (χ2v) is 4.74. The molecule has 0 amide bonds. The fourth-order valence-corrected chi connectivity index (χ4v) is 2.15. The van der Waals surface area contributed by atoms with Gasteiger partial charge < -0.3 is 4.74 Å². The molecule has 0 radical (unpaired) electrons. The monoisotopic (exact) mass is 300 g/mol. The van der Waals surface area contributed by atoms with E-state index < -0.39 is 12.1 Å². The summed E-state index contributed by atoms with van der Waals surface area (Å²) in [5, 5.41) is 0.407. The van der Waals surface area contributed by atoms with Crippen molar-refractivity contribution in [3.05, 3.63) is 64.7 Å². The Bertz CT molecular complexity index is 561. The minimum absolute atomic E-state index is 0.159. The van der Waals surface area contributed by atoms with Crippen LogP contribution in [0.5, 0.6) is 5.75 Å². The standard InChI is InChI=1S/C15H12ClF3O/c1-20-13-8-4-11(5-9-13)14(15(17,18)19)10-2-6-12(16)7-3-10/h2-9,14H,1H3. The summed E-state index contributed by atoms with van der Waals surface area (Å²) in [4.78, 5) is 0. The van der Waals surface area contributed by atoms with E-state index in [0.29, 0.717) is 10.8 Å². The van der Waals surface area contributed by atoms with E-state index >= 15 is 0 Å². The van der Waals surface area contributed by atoms with Crippen LogP contribution in [0.4, 0.5) is 13.2 Å². The van der Waals surface area contributed by atoms with Crippen molar-refractivity contribution in [3.63, 3.8) is 0 Å². The number of methoxy groups -OCH3 is 1. The number of hydrogen-bond donors (Lipinski definition) is 0. The Morgan fingerprint density at radius 2 is 1.35 bits per heavy atom. The summed E-state index contributed by atoms with van der Waals surface area (Å²) in [7, 11) is 1.47. The predicted octanol–water partition coefficient (Wildman–Crippen LogP) is 5.04. The highest BCUT2D eigenvalue weighted by Gasteiger charge is 2.41. The molecule has 0 N–H and O–H groups in total. The largest absolute Gasteiger partial charge is 0.497 e. The smallest absolute Gasteiger partial charge is 0.399 e. The first-order chi connectivity index (χ1) is 9.41. The third kappa shape index (κ3) is 3.25. The third-order valence-electron chi connectivity index (χ3n) is 2.98. The molecule has 0 spiro atoms. The zero-order valence-corrected chi connectivity index (χ0v) is 11.4. The number of rotatable bonds is 3. The predicted molar refractivity (Wildman–Crippen MR) is 72.3 cm³/mol. The minimum atomic E-state index is -4.37. The van der Waals surface area contributed by atoms with Crippen LogP contribution in [0.15, 0.2) is 48.5 Å². The average molecular weight is 301 g/mol. The van der Waals surface area contributed by atoms with Crippen molar-refractivity contribution in [1.82, 2.24) is 0 Å². The number of hydrogen-bond acceptors (Lipinski definition) is 1. The minimum Gasteiger partial charge on any atom is -0.497 e. The molecule has 2 aromatic carbocycles. The lowest BCUT2D eigenvalue weighted by molar-refractivity contribution is -0.141. The number of halogens is 4. The van der Waals surface area contributed by atoms with Crippen LogP contribution in [-0.4, -0.2) is 13.3 Å². The fraction of sp³-hybridized carbons (Fsp3) is 0.200. The maximum absolute atomic E-state index is 13.3. The Morgan fingerprint density at radius 1 is 0.900 bits per heavy atom. The Hall–Kier alpha value is -1.68. The highest BCUT2D eigenvalue weighted by atomic mass is 35.5. The second-order valence-electron chi connectivity index (χ2n) is 4.30. The molecule has 5 heteroatoms. The molecule has 2 aromatic rings. The number of benzene rings is 2. The molecule has 1 unspecified atom stereocenters. The quantitative estimate of drug-likeness (QED) is 0.771. The maximum atomic E-state index is 13.3. The molecule has 106 valence electrons. The molecular weight excluding hydrogens is 289 g/mol. The van der Waals surface area contributed by atoms with E-state index in [0.717, 1.165) is 0 Å². The van der Waals surface area contributed by atoms with Gasteiger partial charge >= 0.3 is 6.18 Å². The normalized spacial score (nSPS) is 13.1. The molecule has 2 rings (SSSR count). The number of alkyl halides is 3.